The predicted octanol–water partition coefficient (Wildman–Crippen LogP) is 4.20. The molecule has 0 spiro atoms. The summed E-state index contributed by atoms with van der Waals surface area (Å²) in [6, 6.07) is 12.9. The van der Waals surface area contributed by atoms with Crippen LogP contribution in [0.4, 0.5) is 15.8 Å². The predicted molar refractivity (Wildman–Crippen MR) is 117 cm³/mol. The number of para-hydroxylation sites is 3. The van der Waals surface area contributed by atoms with Crippen LogP contribution in [0, 0.1) is 5.82 Å². The number of anilines is 2. The molecule has 10 heteroatoms. The number of amides is 2. The Morgan fingerprint density at radius 1 is 1.28 bits per heavy atom. The summed E-state index contributed by atoms with van der Waals surface area (Å²) in [7, 11) is 0. The van der Waals surface area contributed by atoms with Crippen LogP contribution in [0.15, 0.2) is 58.2 Å². The standard InChI is InChI=1S/C22H21FN4O4S/c1-13-11-19(28)24-16-8-4-5-9-17(16)27(13)20(29)12-32-22-26-25-21(31-22)14(2)30-18-10-6-3-7-15(18)23/h3-10,13-14H,11-12H2,1-2H3,(H,24,28)/t13-,14-/m0/s1. The second-order valence-corrected chi connectivity index (χ2v) is 8.19. The Labute approximate surface area is 188 Å². The van der Waals surface area contributed by atoms with Crippen LogP contribution in [-0.2, 0) is 9.59 Å². The number of carbonyl (C=O) groups is 2. The van der Waals surface area contributed by atoms with E-state index < -0.39 is 11.9 Å². The Morgan fingerprint density at radius 2 is 2.03 bits per heavy atom. The van der Waals surface area contributed by atoms with Crippen molar-refractivity contribution in [3.63, 3.8) is 0 Å². The van der Waals surface area contributed by atoms with E-state index in [1.807, 2.05) is 13.0 Å². The Morgan fingerprint density at radius 3 is 2.84 bits per heavy atom. The minimum absolute atomic E-state index is 0.0387. The number of benzene rings is 2. The molecule has 0 bridgehead atoms. The SMILES string of the molecule is C[C@H](Oc1ccccc1F)c1nnc(SCC(=O)N2c3ccccc3NC(=O)C[C@@H]2C)o1. The molecular weight excluding hydrogens is 435 g/mol. The molecule has 2 aromatic carbocycles. The Bertz CT molecular complexity index is 1140. The Balaban J connectivity index is 1.42. The molecule has 2 amide bonds. The highest BCUT2D eigenvalue weighted by atomic mass is 32.2. The van der Waals surface area contributed by atoms with Crippen LogP contribution in [0.5, 0.6) is 5.75 Å². The van der Waals surface area contributed by atoms with Crippen LogP contribution < -0.4 is 15.0 Å². The van der Waals surface area contributed by atoms with Gasteiger partial charge < -0.3 is 19.4 Å². The maximum atomic E-state index is 13.8. The average Bonchev–Trinajstić information content (AvgIpc) is 3.19. The third kappa shape index (κ3) is 4.75. The molecule has 4 rings (SSSR count). The number of ether oxygens (including phenoxy) is 1. The molecule has 0 fully saturated rings. The van der Waals surface area contributed by atoms with Crippen LogP contribution in [0.2, 0.25) is 0 Å². The molecule has 1 aliphatic rings. The first-order valence-corrected chi connectivity index (χ1v) is 11.0. The number of thioether (sulfide) groups is 1. The van der Waals surface area contributed by atoms with Gasteiger partial charge in [0.2, 0.25) is 11.8 Å². The molecule has 1 N–H and O–H groups in total. The highest BCUT2D eigenvalue weighted by Crippen LogP contribution is 2.32. The van der Waals surface area contributed by atoms with E-state index in [9.17, 15) is 14.0 Å². The zero-order valence-corrected chi connectivity index (χ0v) is 18.3. The van der Waals surface area contributed by atoms with Crippen molar-refractivity contribution in [3.8, 4) is 5.75 Å². The average molecular weight is 456 g/mol. The minimum Gasteiger partial charge on any atom is -0.478 e. The zero-order chi connectivity index (χ0) is 22.7. The Hall–Kier alpha value is -3.40. The summed E-state index contributed by atoms with van der Waals surface area (Å²) in [5.41, 5.74) is 1.24. The van der Waals surface area contributed by atoms with Gasteiger partial charge >= 0.3 is 0 Å². The maximum Gasteiger partial charge on any atom is 0.277 e. The van der Waals surface area contributed by atoms with E-state index in [1.165, 1.54) is 12.1 Å². The van der Waals surface area contributed by atoms with E-state index in [1.54, 1.807) is 42.2 Å². The highest BCUT2D eigenvalue weighted by Gasteiger charge is 2.30. The monoisotopic (exact) mass is 456 g/mol. The third-order valence-electron chi connectivity index (χ3n) is 4.86. The van der Waals surface area contributed by atoms with Crippen molar-refractivity contribution in [1.29, 1.82) is 0 Å². The molecule has 1 aliphatic heterocycles. The fourth-order valence-electron chi connectivity index (χ4n) is 3.39. The van der Waals surface area contributed by atoms with Gasteiger partial charge in [0.05, 0.1) is 17.1 Å². The highest BCUT2D eigenvalue weighted by molar-refractivity contribution is 7.99. The summed E-state index contributed by atoms with van der Waals surface area (Å²) in [6.45, 7) is 3.50. The molecule has 0 saturated heterocycles. The summed E-state index contributed by atoms with van der Waals surface area (Å²) in [4.78, 5) is 26.7. The van der Waals surface area contributed by atoms with Crippen LogP contribution >= 0.6 is 11.8 Å². The molecule has 2 heterocycles. The van der Waals surface area contributed by atoms with E-state index in [0.717, 1.165) is 11.8 Å². The van der Waals surface area contributed by atoms with E-state index in [-0.39, 0.29) is 46.9 Å². The van der Waals surface area contributed by atoms with Gasteiger partial charge in [-0.1, -0.05) is 36.0 Å². The van der Waals surface area contributed by atoms with Crippen molar-refractivity contribution >= 4 is 35.0 Å². The molecule has 2 atom stereocenters. The lowest BCUT2D eigenvalue weighted by Crippen LogP contribution is -2.40. The number of halogens is 1. The first-order chi connectivity index (χ1) is 15.4. The van der Waals surface area contributed by atoms with Crippen molar-refractivity contribution in [2.24, 2.45) is 0 Å². The zero-order valence-electron chi connectivity index (χ0n) is 17.4. The molecule has 1 aromatic heterocycles. The van der Waals surface area contributed by atoms with Crippen molar-refractivity contribution < 1.29 is 23.1 Å². The fourth-order valence-corrected chi connectivity index (χ4v) is 4.01. The minimum atomic E-state index is -0.668. The van der Waals surface area contributed by atoms with Crippen LogP contribution in [0.3, 0.4) is 0 Å². The first-order valence-electron chi connectivity index (χ1n) is 10.0. The van der Waals surface area contributed by atoms with E-state index in [0.29, 0.717) is 11.4 Å². The number of rotatable bonds is 6. The van der Waals surface area contributed by atoms with Crippen molar-refractivity contribution in [2.75, 3.05) is 16.0 Å². The topological polar surface area (TPSA) is 97.6 Å². The number of carbonyl (C=O) groups excluding carboxylic acids is 2. The molecule has 0 aliphatic carbocycles. The first kappa shape index (κ1) is 21.8. The second-order valence-electron chi connectivity index (χ2n) is 7.27. The molecule has 32 heavy (non-hydrogen) atoms. The largest absolute Gasteiger partial charge is 0.478 e. The van der Waals surface area contributed by atoms with Crippen LogP contribution in [0.1, 0.15) is 32.3 Å². The summed E-state index contributed by atoms with van der Waals surface area (Å²) in [5, 5.41) is 10.9. The molecule has 3 aromatic rings. The van der Waals surface area contributed by atoms with Gasteiger partial charge in [0.25, 0.3) is 11.1 Å². The Kier molecular flexibility index (Phi) is 6.40. The molecule has 8 nitrogen and oxygen atoms in total. The van der Waals surface area contributed by atoms with Gasteiger partial charge in [-0.25, -0.2) is 4.39 Å². The van der Waals surface area contributed by atoms with Crippen LogP contribution in [-0.4, -0.2) is 33.8 Å². The van der Waals surface area contributed by atoms with Crippen molar-refractivity contribution in [2.45, 2.75) is 37.6 Å². The smallest absolute Gasteiger partial charge is 0.277 e. The van der Waals surface area contributed by atoms with Gasteiger partial charge in [0.15, 0.2) is 17.7 Å². The number of fused-ring (bicyclic) bond motifs is 1. The van der Waals surface area contributed by atoms with Gasteiger partial charge in [-0.3, -0.25) is 9.59 Å². The number of hydrogen-bond donors (Lipinski definition) is 1. The van der Waals surface area contributed by atoms with Crippen molar-refractivity contribution in [3.05, 3.63) is 60.2 Å². The van der Waals surface area contributed by atoms with Crippen molar-refractivity contribution in [1.82, 2.24) is 10.2 Å². The quantitative estimate of drug-likeness (QED) is 0.555. The van der Waals surface area contributed by atoms with E-state index in [4.69, 9.17) is 9.15 Å². The van der Waals surface area contributed by atoms with E-state index in [2.05, 4.69) is 15.5 Å². The van der Waals surface area contributed by atoms with Gasteiger partial charge in [-0.2, -0.15) is 0 Å². The molecule has 166 valence electrons. The molecule has 0 saturated carbocycles. The van der Waals surface area contributed by atoms with Gasteiger partial charge in [-0.05, 0) is 38.1 Å². The lowest BCUT2D eigenvalue weighted by molar-refractivity contribution is -0.117. The normalized spacial score (nSPS) is 16.7. The molecule has 0 unspecified atom stereocenters. The maximum absolute atomic E-state index is 13.8. The molecular formula is C22H21FN4O4S. The number of aromatic nitrogens is 2. The fraction of sp³-hybridized carbons (Fsp3) is 0.273. The lowest BCUT2D eigenvalue weighted by Gasteiger charge is -2.27. The summed E-state index contributed by atoms with van der Waals surface area (Å²) >= 11 is 1.09. The lowest BCUT2D eigenvalue weighted by atomic mass is 10.2. The van der Waals surface area contributed by atoms with Gasteiger partial charge in [0.1, 0.15) is 0 Å². The summed E-state index contributed by atoms with van der Waals surface area (Å²) in [6.07, 6.45) is -0.472. The van der Waals surface area contributed by atoms with E-state index >= 15 is 0 Å². The number of nitrogens with zero attached hydrogens (tertiary/aromatic N) is 3. The van der Waals surface area contributed by atoms with Gasteiger partial charge in [-0.15, -0.1) is 10.2 Å². The third-order valence-corrected chi connectivity index (χ3v) is 5.66. The number of nitrogens with one attached hydrogen (secondary N) is 1. The van der Waals surface area contributed by atoms with Gasteiger partial charge in [0, 0.05) is 12.5 Å². The summed E-state index contributed by atoms with van der Waals surface area (Å²) in [5.74, 6) is -0.526. The second kappa shape index (κ2) is 9.39. The molecule has 0 radical (unpaired) electrons. The van der Waals surface area contributed by atoms with Crippen LogP contribution in [0.25, 0.3) is 0 Å². The summed E-state index contributed by atoms with van der Waals surface area (Å²) < 4.78 is 24.9. The number of hydrogen-bond acceptors (Lipinski definition) is 7.